The second kappa shape index (κ2) is 4.31. The average molecular weight is 99.8 g/mol. The van der Waals surface area contributed by atoms with Gasteiger partial charge in [-0.05, 0) is 0 Å². The lowest BCUT2D eigenvalue weighted by Crippen LogP contribution is -2.50. The molecule has 0 aliphatic carbocycles. The molecule has 0 bridgehead atoms. The van der Waals surface area contributed by atoms with Crippen molar-refractivity contribution in [3.05, 3.63) is 0 Å². The first-order chi connectivity index (χ1) is 3.66. The van der Waals surface area contributed by atoms with Crippen LogP contribution in [0, 0.1) is 0 Å². The molecule has 0 unspecified atom stereocenters. The molecule has 0 aliphatic rings. The first-order valence-corrected chi connectivity index (χ1v) is 3.42. The minimum atomic E-state index is 0.630. The van der Waals surface area contributed by atoms with Crippen LogP contribution in [-0.4, -0.2) is 51.3 Å². The lowest BCUT2D eigenvalue weighted by Gasteiger charge is -2.08. The molecule has 1 nitrogen and oxygen atoms in total. The Morgan fingerprint density at radius 3 is 1.88 bits per heavy atom. The zero-order chi connectivity index (χ0) is 6.57. The summed E-state index contributed by atoms with van der Waals surface area (Å²) in [5.41, 5.74) is 0. The van der Waals surface area contributed by atoms with Crippen LogP contribution < -0.4 is 5.14 Å². The van der Waals surface area contributed by atoms with E-state index in [2.05, 4.69) is 36.1 Å². The Morgan fingerprint density at radius 2 is 1.75 bits per heavy atom. The van der Waals surface area contributed by atoms with E-state index in [-0.39, 0.29) is 0 Å². The Labute approximate surface area is 57.1 Å². The molecule has 0 aromatic rings. The summed E-state index contributed by atoms with van der Waals surface area (Å²) in [6, 6.07) is 0. The second-order valence-electron chi connectivity index (χ2n) is 2.63. The number of nitrogens with one attached hydrogen (secondary N) is 1. The van der Waals surface area contributed by atoms with Crippen molar-refractivity contribution >= 4 is 51.3 Å². The summed E-state index contributed by atoms with van der Waals surface area (Å²) in [5.74, 6) is 0. The van der Waals surface area contributed by atoms with E-state index >= 15 is 0 Å². The number of rotatable bonds is 3. The zero-order valence-corrected chi connectivity index (χ0v) is 6.36. The first kappa shape index (κ1) is 8.41. The van der Waals surface area contributed by atoms with Gasteiger partial charge in [0.1, 0.15) is 13.3 Å². The van der Waals surface area contributed by atoms with Gasteiger partial charge in [-0.3, -0.25) is 0 Å². The fraction of sp³-hybridized carbons (Fsp3) is 0. The van der Waals surface area contributed by atoms with Crippen LogP contribution in [0.1, 0.15) is 0 Å². The molecule has 0 aromatic carbocycles. The van der Waals surface area contributed by atoms with E-state index in [0.717, 1.165) is 0 Å². The van der Waals surface area contributed by atoms with Gasteiger partial charge in [0.15, 0.2) is 0 Å². The lowest BCUT2D eigenvalue weighted by molar-refractivity contribution is 1.62. The zero-order valence-electron chi connectivity index (χ0n) is 6.36. The van der Waals surface area contributed by atoms with Crippen molar-refractivity contribution in [1.82, 2.24) is 5.14 Å². The number of hydrogen-bond acceptors (Lipinski definition) is 1. The maximum absolute atomic E-state index is 3.39. The molecule has 0 fully saturated rings. The van der Waals surface area contributed by atoms with Gasteiger partial charge < -0.3 is 5.14 Å². The van der Waals surface area contributed by atoms with Crippen LogP contribution in [0.2, 0.25) is 0 Å². The van der Waals surface area contributed by atoms with E-state index < -0.39 is 0 Å². The SMILES string of the molecule is BBB(B)NB(B)B. The fourth-order valence-electron chi connectivity index (χ4n) is 0.687. The standard InChI is InChI=1S/B7H10N/c1-5-7(4)8-6(2)3/h5,8H,1-4H2. The molecule has 0 saturated carbocycles. The van der Waals surface area contributed by atoms with Gasteiger partial charge in [-0.1, -0.05) is 0 Å². The van der Waals surface area contributed by atoms with Crippen molar-refractivity contribution in [2.45, 2.75) is 0 Å². The predicted octanol–water partition coefficient (Wildman–Crippen LogP) is -5.57. The Balaban J connectivity index is 3.10. The van der Waals surface area contributed by atoms with Crippen molar-refractivity contribution in [2.75, 3.05) is 0 Å². The fourth-order valence-corrected chi connectivity index (χ4v) is 0.687. The van der Waals surface area contributed by atoms with E-state index in [9.17, 15) is 0 Å². The number of hydrogen-bond donors (Lipinski definition) is 1. The summed E-state index contributed by atoms with van der Waals surface area (Å²) >= 11 is 0. The van der Waals surface area contributed by atoms with Gasteiger partial charge in [-0.15, -0.1) is 0 Å². The third-order valence-corrected chi connectivity index (χ3v) is 1.23. The molecular weight excluding hydrogens is 89.7 g/mol. The summed E-state index contributed by atoms with van der Waals surface area (Å²) in [5, 5.41) is 3.39. The largest absolute Gasteiger partial charge is 0.423 e. The van der Waals surface area contributed by atoms with E-state index in [0.29, 0.717) is 13.3 Å². The maximum Gasteiger partial charge on any atom is 0.122 e. The highest BCUT2D eigenvalue weighted by Gasteiger charge is 2.05. The van der Waals surface area contributed by atoms with Gasteiger partial charge in [0.05, 0.1) is 38.0 Å². The third-order valence-electron chi connectivity index (χ3n) is 1.23. The molecule has 0 rings (SSSR count). The summed E-state index contributed by atoms with van der Waals surface area (Å²) < 4.78 is 0. The molecule has 0 heterocycles. The normalized spacial score (nSPS) is 8.00. The summed E-state index contributed by atoms with van der Waals surface area (Å²) in [6.45, 7) is 1.31. The summed E-state index contributed by atoms with van der Waals surface area (Å²) in [7, 11) is 9.97. The Morgan fingerprint density at radius 1 is 1.25 bits per heavy atom. The van der Waals surface area contributed by atoms with E-state index in [1.807, 2.05) is 0 Å². The maximum atomic E-state index is 3.39. The Hall–Kier alpha value is 0.415. The first-order valence-electron chi connectivity index (χ1n) is 3.42. The van der Waals surface area contributed by atoms with Crippen LogP contribution in [0.25, 0.3) is 0 Å². The Kier molecular flexibility index (Phi) is 4.53. The molecular formula is H10B7N. The molecule has 0 saturated heterocycles. The van der Waals surface area contributed by atoms with Gasteiger partial charge in [0.25, 0.3) is 0 Å². The molecule has 0 radical (unpaired) electrons. The summed E-state index contributed by atoms with van der Waals surface area (Å²) in [4.78, 5) is 0. The van der Waals surface area contributed by atoms with Gasteiger partial charge >= 0.3 is 0 Å². The van der Waals surface area contributed by atoms with Crippen molar-refractivity contribution in [1.29, 1.82) is 0 Å². The highest BCUT2D eigenvalue weighted by atomic mass is 14.6. The Bertz CT molecular complexity index is 50.3. The van der Waals surface area contributed by atoms with Crippen molar-refractivity contribution < 1.29 is 0 Å². The van der Waals surface area contributed by atoms with Crippen molar-refractivity contribution in [3.8, 4) is 0 Å². The van der Waals surface area contributed by atoms with Crippen LogP contribution in [0.4, 0.5) is 0 Å². The van der Waals surface area contributed by atoms with Crippen LogP contribution in [0.3, 0.4) is 0 Å². The third kappa shape index (κ3) is 4.57. The molecule has 0 atom stereocenters. The van der Waals surface area contributed by atoms with Crippen LogP contribution in [0.15, 0.2) is 0 Å². The molecule has 0 spiro atoms. The molecule has 8 heteroatoms. The van der Waals surface area contributed by atoms with Gasteiger partial charge in [-0.25, -0.2) is 0 Å². The van der Waals surface area contributed by atoms with Gasteiger partial charge in [-0.2, -0.15) is 0 Å². The molecule has 0 aliphatic heterocycles. The van der Waals surface area contributed by atoms with E-state index in [4.69, 9.17) is 0 Å². The molecule has 36 valence electrons. The van der Waals surface area contributed by atoms with Crippen molar-refractivity contribution in [2.24, 2.45) is 0 Å². The summed E-state index contributed by atoms with van der Waals surface area (Å²) in [6.07, 6.45) is 0. The van der Waals surface area contributed by atoms with Gasteiger partial charge in [0.2, 0.25) is 0 Å². The lowest BCUT2D eigenvalue weighted by atomic mass is 9.07. The molecule has 0 amide bonds. The van der Waals surface area contributed by atoms with E-state index in [1.165, 1.54) is 7.06 Å². The predicted molar refractivity (Wildman–Crippen MR) is 56.0 cm³/mol. The van der Waals surface area contributed by atoms with Crippen LogP contribution >= 0.6 is 0 Å². The van der Waals surface area contributed by atoms with Crippen LogP contribution in [-0.2, 0) is 0 Å². The molecule has 8 heavy (non-hydrogen) atoms. The van der Waals surface area contributed by atoms with Gasteiger partial charge in [0, 0.05) is 0 Å². The monoisotopic (exact) mass is 101 g/mol. The minimum Gasteiger partial charge on any atom is -0.423 e. The smallest absolute Gasteiger partial charge is 0.122 e. The highest BCUT2D eigenvalue weighted by Crippen LogP contribution is 1.60. The molecule has 0 aromatic heterocycles. The average Bonchev–Trinajstić information content (AvgIpc) is 1.65. The topological polar surface area (TPSA) is 12.0 Å². The highest BCUT2D eigenvalue weighted by molar-refractivity contribution is 7.49. The van der Waals surface area contributed by atoms with Crippen LogP contribution in [0.5, 0.6) is 0 Å². The minimum absolute atomic E-state index is 0.630. The second-order valence-corrected chi connectivity index (χ2v) is 2.63. The van der Waals surface area contributed by atoms with E-state index in [1.54, 1.807) is 0 Å². The molecule has 1 N–H and O–H groups in total. The van der Waals surface area contributed by atoms with Crippen molar-refractivity contribution in [3.63, 3.8) is 0 Å². The quantitative estimate of drug-likeness (QED) is 0.348.